The second-order valence-corrected chi connectivity index (χ2v) is 5.71. The molecule has 1 aromatic heterocycles. The number of allylic oxidation sites excluding steroid dienone is 1. The summed E-state index contributed by atoms with van der Waals surface area (Å²) in [5.74, 6) is 2.17. The molecular formula is C17H21NO2. The Balaban J connectivity index is 1.73. The summed E-state index contributed by atoms with van der Waals surface area (Å²) >= 11 is 0. The normalized spacial score (nSPS) is 20.6. The Bertz CT molecular complexity index is 578. The van der Waals surface area contributed by atoms with Gasteiger partial charge < -0.3 is 4.42 Å². The third kappa shape index (κ3) is 2.77. The van der Waals surface area contributed by atoms with Crippen LogP contribution in [0.15, 0.2) is 27.1 Å². The average molecular weight is 271 g/mol. The Kier molecular flexibility index (Phi) is 3.86. The first-order valence-electron chi connectivity index (χ1n) is 7.59. The molecule has 1 aromatic rings. The van der Waals surface area contributed by atoms with E-state index in [0.29, 0.717) is 6.54 Å². The van der Waals surface area contributed by atoms with Crippen molar-refractivity contribution in [2.75, 3.05) is 6.54 Å². The fourth-order valence-electron chi connectivity index (χ4n) is 3.07. The highest BCUT2D eigenvalue weighted by Crippen LogP contribution is 2.25. The summed E-state index contributed by atoms with van der Waals surface area (Å²) in [6.45, 7) is 2.26. The van der Waals surface area contributed by atoms with Gasteiger partial charge in [-0.1, -0.05) is 6.08 Å². The van der Waals surface area contributed by atoms with E-state index in [0.717, 1.165) is 66.9 Å². The Labute approximate surface area is 119 Å². The van der Waals surface area contributed by atoms with Gasteiger partial charge in [-0.25, -0.2) is 0 Å². The van der Waals surface area contributed by atoms with Gasteiger partial charge in [0, 0.05) is 17.7 Å². The predicted molar refractivity (Wildman–Crippen MR) is 79.3 cm³/mol. The van der Waals surface area contributed by atoms with E-state index in [1.807, 2.05) is 6.92 Å². The van der Waals surface area contributed by atoms with E-state index in [2.05, 4.69) is 17.1 Å². The van der Waals surface area contributed by atoms with Crippen molar-refractivity contribution in [2.45, 2.75) is 51.9 Å². The van der Waals surface area contributed by atoms with E-state index >= 15 is 0 Å². The molecule has 0 spiro atoms. The van der Waals surface area contributed by atoms with E-state index in [1.165, 1.54) is 6.42 Å². The minimum Gasteiger partial charge on any atom is -0.466 e. The van der Waals surface area contributed by atoms with Crippen molar-refractivity contribution in [3.63, 3.8) is 0 Å². The van der Waals surface area contributed by atoms with Crippen LogP contribution < -0.4 is 0 Å². The van der Waals surface area contributed by atoms with Gasteiger partial charge in [-0.2, -0.15) is 0 Å². The fourth-order valence-corrected chi connectivity index (χ4v) is 3.07. The third-order valence-corrected chi connectivity index (χ3v) is 4.12. The van der Waals surface area contributed by atoms with Crippen molar-refractivity contribution >= 4 is 11.5 Å². The predicted octanol–water partition coefficient (Wildman–Crippen LogP) is 3.78. The molecule has 0 fully saturated rings. The molecule has 3 heteroatoms. The summed E-state index contributed by atoms with van der Waals surface area (Å²) in [6, 6.07) is 2.05. The molecule has 0 saturated heterocycles. The van der Waals surface area contributed by atoms with Crippen molar-refractivity contribution in [2.24, 2.45) is 4.99 Å². The van der Waals surface area contributed by atoms with Crippen LogP contribution in [0.25, 0.3) is 0 Å². The lowest BCUT2D eigenvalue weighted by molar-refractivity contribution is -0.114. The molecule has 3 rings (SSSR count). The number of rotatable bonds is 3. The number of carbonyl (C=O) groups is 1. The largest absolute Gasteiger partial charge is 0.466 e. The highest BCUT2D eigenvalue weighted by molar-refractivity contribution is 6.05. The van der Waals surface area contributed by atoms with Crippen molar-refractivity contribution in [3.8, 4) is 0 Å². The van der Waals surface area contributed by atoms with Gasteiger partial charge in [-0.3, -0.25) is 9.79 Å². The standard InChI is InChI=1S/C17H21NO2/c1-12-10-14-15(8-5-9-17(14)20-12)18-11-16(19)13-6-3-2-4-7-13/h6,10H,2-5,7-9,11H2,1H3. The molecule has 0 atom stereocenters. The van der Waals surface area contributed by atoms with Crippen molar-refractivity contribution in [1.82, 2.24) is 0 Å². The summed E-state index contributed by atoms with van der Waals surface area (Å²) < 4.78 is 5.68. The molecule has 0 aromatic carbocycles. The molecule has 0 aliphatic heterocycles. The Morgan fingerprint density at radius 3 is 2.95 bits per heavy atom. The maximum absolute atomic E-state index is 12.2. The number of hydrogen-bond acceptors (Lipinski definition) is 3. The second kappa shape index (κ2) is 5.78. The van der Waals surface area contributed by atoms with Crippen LogP contribution in [0.5, 0.6) is 0 Å². The van der Waals surface area contributed by atoms with Gasteiger partial charge in [0.25, 0.3) is 0 Å². The monoisotopic (exact) mass is 271 g/mol. The first-order chi connectivity index (χ1) is 9.74. The van der Waals surface area contributed by atoms with Crippen LogP contribution in [-0.2, 0) is 11.2 Å². The molecule has 2 aliphatic carbocycles. The number of hydrogen-bond donors (Lipinski definition) is 0. The molecule has 2 aliphatic rings. The average Bonchev–Trinajstić information content (AvgIpc) is 2.86. The quantitative estimate of drug-likeness (QED) is 0.839. The SMILES string of the molecule is Cc1cc2c(o1)CCCC2=NCC(=O)C1=CCCCC1. The van der Waals surface area contributed by atoms with Gasteiger partial charge in [-0.05, 0) is 57.1 Å². The maximum Gasteiger partial charge on any atom is 0.179 e. The van der Waals surface area contributed by atoms with Crippen LogP contribution in [-0.4, -0.2) is 18.0 Å². The fraction of sp³-hybridized carbons (Fsp3) is 0.529. The lowest BCUT2D eigenvalue weighted by Crippen LogP contribution is -2.14. The third-order valence-electron chi connectivity index (χ3n) is 4.12. The summed E-state index contributed by atoms with van der Waals surface area (Å²) in [5, 5.41) is 0. The van der Waals surface area contributed by atoms with Gasteiger partial charge in [0.05, 0.1) is 0 Å². The number of ketones is 1. The molecule has 0 saturated carbocycles. The molecule has 1 heterocycles. The lowest BCUT2D eigenvalue weighted by Gasteiger charge is -2.13. The minimum absolute atomic E-state index is 0.199. The highest BCUT2D eigenvalue weighted by Gasteiger charge is 2.20. The topological polar surface area (TPSA) is 42.6 Å². The van der Waals surface area contributed by atoms with Gasteiger partial charge in [0.1, 0.15) is 18.1 Å². The molecule has 0 bridgehead atoms. The van der Waals surface area contributed by atoms with Crippen molar-refractivity contribution < 1.29 is 9.21 Å². The maximum atomic E-state index is 12.2. The van der Waals surface area contributed by atoms with Gasteiger partial charge >= 0.3 is 0 Å². The Morgan fingerprint density at radius 1 is 1.25 bits per heavy atom. The zero-order chi connectivity index (χ0) is 13.9. The molecule has 0 N–H and O–H groups in total. The molecule has 0 amide bonds. The lowest BCUT2D eigenvalue weighted by atomic mass is 9.95. The number of carbonyl (C=O) groups excluding carboxylic acids is 1. The van der Waals surface area contributed by atoms with Gasteiger partial charge in [0.15, 0.2) is 5.78 Å². The van der Waals surface area contributed by atoms with Crippen molar-refractivity contribution in [1.29, 1.82) is 0 Å². The van der Waals surface area contributed by atoms with E-state index < -0.39 is 0 Å². The number of nitrogens with zero attached hydrogens (tertiary/aromatic N) is 1. The first-order valence-corrected chi connectivity index (χ1v) is 7.59. The van der Waals surface area contributed by atoms with Crippen LogP contribution in [0.4, 0.5) is 0 Å². The van der Waals surface area contributed by atoms with Crippen LogP contribution in [0.3, 0.4) is 0 Å². The number of fused-ring (bicyclic) bond motifs is 1. The highest BCUT2D eigenvalue weighted by atomic mass is 16.3. The first kappa shape index (κ1) is 13.3. The molecule has 3 nitrogen and oxygen atoms in total. The molecule has 0 unspecified atom stereocenters. The summed E-state index contributed by atoms with van der Waals surface area (Å²) in [5.41, 5.74) is 3.16. The second-order valence-electron chi connectivity index (χ2n) is 5.71. The number of Topliss-reactive ketones (excluding diaryl/α,β-unsaturated/α-hetero) is 1. The molecule has 106 valence electrons. The summed E-state index contributed by atoms with van der Waals surface area (Å²) in [4.78, 5) is 16.7. The zero-order valence-corrected chi connectivity index (χ0v) is 12.1. The van der Waals surface area contributed by atoms with Crippen LogP contribution in [0.1, 0.15) is 55.6 Å². The van der Waals surface area contributed by atoms with Crippen LogP contribution >= 0.6 is 0 Å². The summed E-state index contributed by atoms with van der Waals surface area (Å²) in [6.07, 6.45) is 9.43. The van der Waals surface area contributed by atoms with E-state index in [1.54, 1.807) is 0 Å². The smallest absolute Gasteiger partial charge is 0.179 e. The molecular weight excluding hydrogens is 250 g/mol. The van der Waals surface area contributed by atoms with E-state index in [9.17, 15) is 4.79 Å². The number of aryl methyl sites for hydroxylation is 2. The Morgan fingerprint density at radius 2 is 2.15 bits per heavy atom. The Hall–Kier alpha value is -1.64. The number of aliphatic imine (C=N–C) groups is 1. The minimum atomic E-state index is 0.199. The van der Waals surface area contributed by atoms with Crippen molar-refractivity contribution in [3.05, 3.63) is 34.8 Å². The van der Waals surface area contributed by atoms with Crippen LogP contribution in [0, 0.1) is 6.92 Å². The zero-order valence-electron chi connectivity index (χ0n) is 12.1. The van der Waals surface area contributed by atoms with Gasteiger partial charge in [0.2, 0.25) is 0 Å². The number of furan rings is 1. The van der Waals surface area contributed by atoms with E-state index in [-0.39, 0.29) is 5.78 Å². The van der Waals surface area contributed by atoms with E-state index in [4.69, 9.17) is 4.42 Å². The molecule has 20 heavy (non-hydrogen) atoms. The summed E-state index contributed by atoms with van der Waals surface area (Å²) in [7, 11) is 0. The molecule has 0 radical (unpaired) electrons. The van der Waals surface area contributed by atoms with Crippen LogP contribution in [0.2, 0.25) is 0 Å². The van der Waals surface area contributed by atoms with Gasteiger partial charge in [-0.15, -0.1) is 0 Å².